The molecule has 2 heterocycles. The summed E-state index contributed by atoms with van der Waals surface area (Å²) < 4.78 is 11.0. The summed E-state index contributed by atoms with van der Waals surface area (Å²) in [7, 11) is 0. The van der Waals surface area contributed by atoms with E-state index in [0.29, 0.717) is 0 Å². The normalized spacial score (nSPS) is 24.5. The summed E-state index contributed by atoms with van der Waals surface area (Å²) in [5.41, 5.74) is 0.0709. The molecule has 0 aromatic carbocycles. The number of hydrogen-bond acceptors (Lipinski definition) is 2. The second-order valence-corrected chi connectivity index (χ2v) is 5.27. The molecule has 2 N–H and O–H groups in total. The van der Waals surface area contributed by atoms with Gasteiger partial charge in [0.15, 0.2) is 5.76 Å². The molecule has 3 nitrogen and oxygen atoms in total. The Bertz CT molecular complexity index is 306. The molecule has 3 heteroatoms. The zero-order chi connectivity index (χ0) is 11.4. The van der Waals surface area contributed by atoms with Gasteiger partial charge in [-0.05, 0) is 38.8 Å². The Morgan fingerprint density at radius 3 is 3.06 bits per heavy atom. The van der Waals surface area contributed by atoms with Gasteiger partial charge in [0.05, 0.1) is 18.4 Å². The molecule has 0 aliphatic carbocycles. The quantitative estimate of drug-likeness (QED) is 0.842. The summed E-state index contributed by atoms with van der Waals surface area (Å²) >= 11 is 0. The van der Waals surface area contributed by atoms with Crippen LogP contribution in [0.15, 0.2) is 22.8 Å². The third kappa shape index (κ3) is 3.35. The van der Waals surface area contributed by atoms with Gasteiger partial charge in [0.25, 0.3) is 0 Å². The lowest BCUT2D eigenvalue weighted by Gasteiger charge is -2.34. The molecule has 1 saturated heterocycles. The van der Waals surface area contributed by atoms with Crippen molar-refractivity contribution in [1.29, 1.82) is 0 Å². The Hall–Kier alpha value is -0.800. The SMILES string of the molecule is CC1(C)C[C@@H](C[NH2+]Cc2ccco2)CCO1. The second-order valence-electron chi connectivity index (χ2n) is 5.27. The summed E-state index contributed by atoms with van der Waals surface area (Å²) in [6.07, 6.45) is 4.10. The van der Waals surface area contributed by atoms with Gasteiger partial charge >= 0.3 is 0 Å². The number of nitrogens with two attached hydrogens (primary N) is 1. The van der Waals surface area contributed by atoms with Crippen molar-refractivity contribution < 1.29 is 14.5 Å². The van der Waals surface area contributed by atoms with Crippen LogP contribution in [0.2, 0.25) is 0 Å². The van der Waals surface area contributed by atoms with Crippen LogP contribution >= 0.6 is 0 Å². The number of rotatable bonds is 4. The van der Waals surface area contributed by atoms with Crippen LogP contribution in [-0.4, -0.2) is 18.8 Å². The van der Waals surface area contributed by atoms with Gasteiger partial charge in [0, 0.05) is 12.5 Å². The molecule has 1 aliphatic heterocycles. The average Bonchev–Trinajstić information content (AvgIpc) is 2.69. The van der Waals surface area contributed by atoms with Crippen LogP contribution in [0.5, 0.6) is 0 Å². The average molecular weight is 224 g/mol. The van der Waals surface area contributed by atoms with E-state index in [1.165, 1.54) is 19.4 Å². The Labute approximate surface area is 97.2 Å². The third-order valence-electron chi connectivity index (χ3n) is 3.22. The van der Waals surface area contributed by atoms with Gasteiger partial charge in [-0.3, -0.25) is 0 Å². The van der Waals surface area contributed by atoms with Crippen LogP contribution in [0.3, 0.4) is 0 Å². The lowest BCUT2D eigenvalue weighted by molar-refractivity contribution is -0.678. The minimum absolute atomic E-state index is 0.0709. The number of hydrogen-bond donors (Lipinski definition) is 1. The topological polar surface area (TPSA) is 39.0 Å². The molecule has 0 unspecified atom stereocenters. The van der Waals surface area contributed by atoms with Crippen LogP contribution in [0.1, 0.15) is 32.4 Å². The third-order valence-corrected chi connectivity index (χ3v) is 3.22. The van der Waals surface area contributed by atoms with E-state index in [4.69, 9.17) is 9.15 Å². The van der Waals surface area contributed by atoms with Gasteiger partial charge in [-0.2, -0.15) is 0 Å². The Morgan fingerprint density at radius 1 is 1.50 bits per heavy atom. The number of quaternary nitrogens is 1. The summed E-state index contributed by atoms with van der Waals surface area (Å²) in [6, 6.07) is 3.98. The molecular formula is C13H22NO2+. The fraction of sp³-hybridized carbons (Fsp3) is 0.692. The van der Waals surface area contributed by atoms with Crippen LogP contribution in [0.4, 0.5) is 0 Å². The highest BCUT2D eigenvalue weighted by Gasteiger charge is 2.29. The van der Waals surface area contributed by atoms with E-state index in [0.717, 1.165) is 24.8 Å². The second kappa shape index (κ2) is 5.02. The Kier molecular flexibility index (Phi) is 3.66. The van der Waals surface area contributed by atoms with Crippen molar-refractivity contribution in [2.45, 2.75) is 38.8 Å². The molecular weight excluding hydrogens is 202 g/mol. The highest BCUT2D eigenvalue weighted by molar-refractivity contribution is 4.95. The van der Waals surface area contributed by atoms with Crippen LogP contribution in [0.25, 0.3) is 0 Å². The van der Waals surface area contributed by atoms with E-state index in [1.54, 1.807) is 6.26 Å². The summed E-state index contributed by atoms with van der Waals surface area (Å²) in [4.78, 5) is 0. The molecule has 0 amide bonds. The van der Waals surface area contributed by atoms with Crippen molar-refractivity contribution in [3.8, 4) is 0 Å². The molecule has 2 rings (SSSR count). The van der Waals surface area contributed by atoms with Crippen molar-refractivity contribution in [2.24, 2.45) is 5.92 Å². The fourth-order valence-corrected chi connectivity index (χ4v) is 2.45. The van der Waals surface area contributed by atoms with E-state index in [1.807, 2.05) is 12.1 Å². The monoisotopic (exact) mass is 224 g/mol. The molecule has 0 spiro atoms. The van der Waals surface area contributed by atoms with E-state index in [-0.39, 0.29) is 5.60 Å². The fourth-order valence-electron chi connectivity index (χ4n) is 2.45. The molecule has 1 aromatic heterocycles. The maximum Gasteiger partial charge on any atom is 0.157 e. The molecule has 0 radical (unpaired) electrons. The van der Waals surface area contributed by atoms with Crippen molar-refractivity contribution in [3.63, 3.8) is 0 Å². The van der Waals surface area contributed by atoms with Crippen molar-refractivity contribution in [2.75, 3.05) is 13.2 Å². The summed E-state index contributed by atoms with van der Waals surface area (Å²) in [5.74, 6) is 1.84. The summed E-state index contributed by atoms with van der Waals surface area (Å²) in [5, 5.41) is 2.34. The first-order chi connectivity index (χ1) is 7.66. The Morgan fingerprint density at radius 2 is 2.38 bits per heavy atom. The van der Waals surface area contributed by atoms with Gasteiger partial charge in [-0.15, -0.1) is 0 Å². The molecule has 0 saturated carbocycles. The van der Waals surface area contributed by atoms with Gasteiger partial charge in [-0.25, -0.2) is 0 Å². The number of furan rings is 1. The van der Waals surface area contributed by atoms with Crippen LogP contribution in [0, 0.1) is 5.92 Å². The minimum Gasteiger partial charge on any atom is -0.463 e. The standard InChI is InChI=1S/C13H21NO2/c1-13(2)8-11(5-7-16-13)9-14-10-12-4-3-6-15-12/h3-4,6,11,14H,5,7-10H2,1-2H3/p+1/t11-/m0/s1. The molecule has 90 valence electrons. The molecule has 1 fully saturated rings. The van der Waals surface area contributed by atoms with Gasteiger partial charge in [0.1, 0.15) is 6.54 Å². The smallest absolute Gasteiger partial charge is 0.157 e. The predicted octanol–water partition coefficient (Wildman–Crippen LogP) is 1.55. The van der Waals surface area contributed by atoms with Gasteiger partial charge in [0.2, 0.25) is 0 Å². The first-order valence-corrected chi connectivity index (χ1v) is 6.14. The van der Waals surface area contributed by atoms with E-state index >= 15 is 0 Å². The molecule has 1 aliphatic rings. The first-order valence-electron chi connectivity index (χ1n) is 6.14. The van der Waals surface area contributed by atoms with Crippen molar-refractivity contribution >= 4 is 0 Å². The zero-order valence-electron chi connectivity index (χ0n) is 10.2. The summed E-state index contributed by atoms with van der Waals surface area (Å²) in [6.45, 7) is 7.40. The van der Waals surface area contributed by atoms with Gasteiger partial charge < -0.3 is 14.5 Å². The van der Waals surface area contributed by atoms with Crippen LogP contribution < -0.4 is 5.32 Å². The highest BCUT2D eigenvalue weighted by atomic mass is 16.5. The molecule has 0 bridgehead atoms. The highest BCUT2D eigenvalue weighted by Crippen LogP contribution is 2.27. The molecule has 16 heavy (non-hydrogen) atoms. The maximum absolute atomic E-state index is 5.72. The Balaban J connectivity index is 1.70. The largest absolute Gasteiger partial charge is 0.463 e. The lowest BCUT2D eigenvalue weighted by atomic mass is 9.88. The van der Waals surface area contributed by atoms with Crippen molar-refractivity contribution in [3.05, 3.63) is 24.2 Å². The molecule has 1 aromatic rings. The predicted molar refractivity (Wildman–Crippen MR) is 62.0 cm³/mol. The van der Waals surface area contributed by atoms with E-state index in [2.05, 4.69) is 19.2 Å². The first kappa shape index (κ1) is 11.7. The van der Waals surface area contributed by atoms with Gasteiger partial charge in [-0.1, -0.05) is 0 Å². The number of ether oxygens (including phenoxy) is 1. The van der Waals surface area contributed by atoms with E-state index < -0.39 is 0 Å². The van der Waals surface area contributed by atoms with Crippen molar-refractivity contribution in [1.82, 2.24) is 0 Å². The maximum atomic E-state index is 5.72. The van der Waals surface area contributed by atoms with Crippen LogP contribution in [-0.2, 0) is 11.3 Å². The zero-order valence-corrected chi connectivity index (χ0v) is 10.2. The molecule has 1 atom stereocenters. The van der Waals surface area contributed by atoms with E-state index in [9.17, 15) is 0 Å². The lowest BCUT2D eigenvalue weighted by Crippen LogP contribution is -2.84. The minimum atomic E-state index is 0.0709.